The van der Waals surface area contributed by atoms with E-state index in [9.17, 15) is 4.79 Å². The SMILES string of the molecule is CCCNC(CCN1CCCC(CC)C1)C(=O)OCC. The van der Waals surface area contributed by atoms with Gasteiger partial charge in [0.05, 0.1) is 6.61 Å². The zero-order chi connectivity index (χ0) is 14.8. The van der Waals surface area contributed by atoms with E-state index in [2.05, 4.69) is 24.1 Å². The molecule has 0 amide bonds. The molecule has 0 bridgehead atoms. The summed E-state index contributed by atoms with van der Waals surface area (Å²) in [5.74, 6) is 0.749. The number of carbonyl (C=O) groups is 1. The zero-order valence-corrected chi connectivity index (χ0v) is 13.5. The van der Waals surface area contributed by atoms with Crippen LogP contribution in [-0.2, 0) is 9.53 Å². The molecule has 4 heteroatoms. The van der Waals surface area contributed by atoms with E-state index in [4.69, 9.17) is 4.74 Å². The van der Waals surface area contributed by atoms with Crippen molar-refractivity contribution in [1.82, 2.24) is 10.2 Å². The van der Waals surface area contributed by atoms with Crippen molar-refractivity contribution in [3.05, 3.63) is 0 Å². The van der Waals surface area contributed by atoms with Crippen LogP contribution in [0.4, 0.5) is 0 Å². The highest BCUT2D eigenvalue weighted by Gasteiger charge is 2.22. The molecule has 20 heavy (non-hydrogen) atoms. The van der Waals surface area contributed by atoms with E-state index in [-0.39, 0.29) is 12.0 Å². The first-order valence-electron chi connectivity index (χ1n) is 8.33. The molecule has 0 aromatic rings. The Hall–Kier alpha value is -0.610. The molecule has 0 saturated carbocycles. The van der Waals surface area contributed by atoms with Gasteiger partial charge in [-0.25, -0.2) is 0 Å². The molecule has 0 aromatic heterocycles. The molecular weight excluding hydrogens is 252 g/mol. The lowest BCUT2D eigenvalue weighted by Gasteiger charge is -2.33. The Kier molecular flexibility index (Phi) is 8.86. The van der Waals surface area contributed by atoms with Crippen molar-refractivity contribution in [2.75, 3.05) is 32.8 Å². The number of likely N-dealkylation sites (tertiary alicyclic amines) is 1. The molecule has 118 valence electrons. The number of esters is 1. The highest BCUT2D eigenvalue weighted by Crippen LogP contribution is 2.19. The van der Waals surface area contributed by atoms with Crippen LogP contribution in [0.2, 0.25) is 0 Å². The molecule has 1 aliphatic heterocycles. The molecule has 1 N–H and O–H groups in total. The van der Waals surface area contributed by atoms with Gasteiger partial charge in [0.15, 0.2) is 0 Å². The van der Waals surface area contributed by atoms with Gasteiger partial charge in [-0.3, -0.25) is 4.79 Å². The van der Waals surface area contributed by atoms with Crippen molar-refractivity contribution in [1.29, 1.82) is 0 Å². The second-order valence-electron chi connectivity index (χ2n) is 5.76. The lowest BCUT2D eigenvalue weighted by Crippen LogP contribution is -2.43. The number of ether oxygens (including phenoxy) is 1. The maximum absolute atomic E-state index is 11.9. The minimum atomic E-state index is -0.142. The topological polar surface area (TPSA) is 41.6 Å². The van der Waals surface area contributed by atoms with Crippen molar-refractivity contribution >= 4 is 5.97 Å². The van der Waals surface area contributed by atoms with E-state index >= 15 is 0 Å². The number of rotatable bonds is 9. The molecule has 4 nitrogen and oxygen atoms in total. The summed E-state index contributed by atoms with van der Waals surface area (Å²) in [4.78, 5) is 14.5. The fraction of sp³-hybridized carbons (Fsp3) is 0.938. The quantitative estimate of drug-likeness (QED) is 0.660. The third kappa shape index (κ3) is 6.23. The van der Waals surface area contributed by atoms with Gasteiger partial charge in [0.25, 0.3) is 0 Å². The average molecular weight is 284 g/mol. The van der Waals surface area contributed by atoms with E-state index in [0.717, 1.165) is 31.8 Å². The van der Waals surface area contributed by atoms with Crippen LogP contribution in [0.15, 0.2) is 0 Å². The molecule has 1 saturated heterocycles. The highest BCUT2D eigenvalue weighted by atomic mass is 16.5. The Morgan fingerprint density at radius 3 is 2.85 bits per heavy atom. The minimum Gasteiger partial charge on any atom is -0.465 e. The first kappa shape index (κ1) is 17.4. The Bertz CT molecular complexity index is 271. The molecule has 0 radical (unpaired) electrons. The molecule has 2 unspecified atom stereocenters. The second kappa shape index (κ2) is 10.2. The van der Waals surface area contributed by atoms with Gasteiger partial charge < -0.3 is 15.0 Å². The van der Waals surface area contributed by atoms with Gasteiger partial charge >= 0.3 is 5.97 Å². The summed E-state index contributed by atoms with van der Waals surface area (Å²) in [5, 5.41) is 3.32. The summed E-state index contributed by atoms with van der Waals surface area (Å²) >= 11 is 0. The van der Waals surface area contributed by atoms with Crippen LogP contribution in [-0.4, -0.2) is 49.7 Å². The molecule has 1 aliphatic rings. The molecule has 2 atom stereocenters. The molecule has 0 aliphatic carbocycles. The largest absolute Gasteiger partial charge is 0.465 e. The normalized spacial score (nSPS) is 21.6. The summed E-state index contributed by atoms with van der Waals surface area (Å²) in [6.45, 7) is 11.0. The lowest BCUT2D eigenvalue weighted by atomic mass is 9.95. The van der Waals surface area contributed by atoms with Gasteiger partial charge in [-0.15, -0.1) is 0 Å². The number of carbonyl (C=O) groups excluding carboxylic acids is 1. The van der Waals surface area contributed by atoms with Crippen molar-refractivity contribution in [2.45, 2.75) is 58.9 Å². The number of hydrogen-bond donors (Lipinski definition) is 1. The first-order chi connectivity index (χ1) is 9.71. The predicted molar refractivity (Wildman–Crippen MR) is 82.8 cm³/mol. The van der Waals surface area contributed by atoms with Crippen molar-refractivity contribution in [3.63, 3.8) is 0 Å². The number of hydrogen-bond acceptors (Lipinski definition) is 4. The lowest BCUT2D eigenvalue weighted by molar-refractivity contribution is -0.146. The monoisotopic (exact) mass is 284 g/mol. The molecule has 1 heterocycles. The molecule has 0 spiro atoms. The number of nitrogens with zero attached hydrogens (tertiary/aromatic N) is 1. The smallest absolute Gasteiger partial charge is 0.323 e. The van der Waals surface area contributed by atoms with Crippen LogP contribution >= 0.6 is 0 Å². The van der Waals surface area contributed by atoms with E-state index in [0.29, 0.717) is 6.61 Å². The van der Waals surface area contributed by atoms with E-state index in [1.165, 1.54) is 32.4 Å². The van der Waals surface area contributed by atoms with Crippen LogP contribution in [0.1, 0.15) is 52.9 Å². The van der Waals surface area contributed by atoms with Crippen LogP contribution in [0.25, 0.3) is 0 Å². The van der Waals surface area contributed by atoms with Crippen molar-refractivity contribution < 1.29 is 9.53 Å². The maximum atomic E-state index is 11.9. The van der Waals surface area contributed by atoms with Gasteiger partial charge in [-0.2, -0.15) is 0 Å². The van der Waals surface area contributed by atoms with Gasteiger partial charge in [-0.1, -0.05) is 20.3 Å². The first-order valence-corrected chi connectivity index (χ1v) is 8.33. The van der Waals surface area contributed by atoms with Crippen LogP contribution in [0.3, 0.4) is 0 Å². The van der Waals surface area contributed by atoms with E-state index in [1.54, 1.807) is 0 Å². The average Bonchev–Trinajstić information content (AvgIpc) is 2.47. The fourth-order valence-electron chi connectivity index (χ4n) is 2.86. The number of nitrogens with one attached hydrogen (secondary N) is 1. The van der Waals surface area contributed by atoms with E-state index in [1.807, 2.05) is 6.92 Å². The zero-order valence-electron chi connectivity index (χ0n) is 13.5. The summed E-state index contributed by atoms with van der Waals surface area (Å²) in [6.07, 6.45) is 5.83. The van der Waals surface area contributed by atoms with Gasteiger partial charge in [-0.05, 0) is 51.6 Å². The maximum Gasteiger partial charge on any atom is 0.323 e. The van der Waals surface area contributed by atoms with Gasteiger partial charge in [0, 0.05) is 13.1 Å². The molecular formula is C16H32N2O2. The molecule has 1 rings (SSSR count). The highest BCUT2D eigenvalue weighted by molar-refractivity contribution is 5.75. The molecule has 1 fully saturated rings. The Morgan fingerprint density at radius 2 is 2.20 bits per heavy atom. The standard InChI is InChI=1S/C16H32N2O2/c1-4-10-17-15(16(19)20-6-3)9-12-18-11-7-8-14(5-2)13-18/h14-15,17H,4-13H2,1-3H3. The third-order valence-electron chi connectivity index (χ3n) is 4.13. The fourth-order valence-corrected chi connectivity index (χ4v) is 2.86. The third-order valence-corrected chi connectivity index (χ3v) is 4.13. The van der Waals surface area contributed by atoms with Crippen LogP contribution in [0.5, 0.6) is 0 Å². The van der Waals surface area contributed by atoms with Crippen molar-refractivity contribution in [2.24, 2.45) is 5.92 Å². The summed E-state index contributed by atoms with van der Waals surface area (Å²) in [6, 6.07) is -0.142. The predicted octanol–water partition coefficient (Wildman–Crippen LogP) is 2.43. The Balaban J connectivity index is 2.38. The van der Waals surface area contributed by atoms with Crippen LogP contribution < -0.4 is 5.32 Å². The summed E-state index contributed by atoms with van der Waals surface area (Å²) < 4.78 is 5.16. The second-order valence-corrected chi connectivity index (χ2v) is 5.76. The minimum absolute atomic E-state index is 0.0926. The van der Waals surface area contributed by atoms with Crippen molar-refractivity contribution in [3.8, 4) is 0 Å². The van der Waals surface area contributed by atoms with Gasteiger partial charge in [0.2, 0.25) is 0 Å². The van der Waals surface area contributed by atoms with E-state index < -0.39 is 0 Å². The Morgan fingerprint density at radius 1 is 1.40 bits per heavy atom. The number of piperidine rings is 1. The van der Waals surface area contributed by atoms with Crippen LogP contribution in [0, 0.1) is 5.92 Å². The Labute approximate surface area is 124 Å². The summed E-state index contributed by atoms with van der Waals surface area (Å²) in [5.41, 5.74) is 0. The van der Waals surface area contributed by atoms with Gasteiger partial charge in [0.1, 0.15) is 6.04 Å². The summed E-state index contributed by atoms with van der Waals surface area (Å²) in [7, 11) is 0. The molecule has 0 aromatic carbocycles.